The summed E-state index contributed by atoms with van der Waals surface area (Å²) in [6.45, 7) is 10.5. The maximum absolute atomic E-state index is 11.7. The Kier molecular flexibility index (Phi) is 28.3. The first-order valence-corrected chi connectivity index (χ1v) is 12.2. The van der Waals surface area contributed by atoms with Crippen LogP contribution in [-0.2, 0) is 37.7 Å². The quantitative estimate of drug-likeness (QED) is 0.0943. The number of halogens is 12. The third kappa shape index (κ3) is 60.8. The fourth-order valence-corrected chi connectivity index (χ4v) is 1.48. The van der Waals surface area contributed by atoms with Crippen LogP contribution in [0.25, 0.3) is 0 Å². The summed E-state index contributed by atoms with van der Waals surface area (Å²) in [5, 5.41) is -2.36. The molecule has 0 spiro atoms. The van der Waals surface area contributed by atoms with E-state index in [1.165, 1.54) is 13.8 Å². The van der Waals surface area contributed by atoms with Crippen LogP contribution in [0.1, 0.15) is 54.4 Å². The summed E-state index contributed by atoms with van der Waals surface area (Å²) < 4.78 is 128. The second-order valence-corrected chi connectivity index (χ2v) is 10.5. The Morgan fingerprint density at radius 1 is 0.800 bits per heavy atom. The van der Waals surface area contributed by atoms with Crippen molar-refractivity contribution >= 4 is 76.9 Å². The maximum Gasteiger partial charge on any atom is 0.511 e. The summed E-state index contributed by atoms with van der Waals surface area (Å²) in [7, 11) is -1.51. The van der Waals surface area contributed by atoms with Crippen LogP contribution in [0.15, 0.2) is 12.3 Å². The van der Waals surface area contributed by atoms with Crippen molar-refractivity contribution in [2.75, 3.05) is 0 Å². The molecule has 0 saturated heterocycles. The van der Waals surface area contributed by atoms with Gasteiger partial charge in [0.1, 0.15) is 12.2 Å². The van der Waals surface area contributed by atoms with Crippen LogP contribution < -0.4 is 0 Å². The van der Waals surface area contributed by atoms with Crippen molar-refractivity contribution < 1.29 is 76.6 Å². The first-order chi connectivity index (χ1) is 16.6. The van der Waals surface area contributed by atoms with Gasteiger partial charge in [-0.15, -0.1) is 0 Å². The molecule has 0 aromatic heterocycles. The molecule has 1 atom stereocenters. The fraction of sp³-hybridized carbons (Fsp3) is 0.667. The van der Waals surface area contributed by atoms with Crippen molar-refractivity contribution in [3.63, 3.8) is 0 Å². The highest BCUT2D eigenvalue weighted by molar-refractivity contribution is 8.14. The number of rotatable bonds is 4. The van der Waals surface area contributed by atoms with Crippen LogP contribution in [0, 0.1) is 0 Å². The van der Waals surface area contributed by atoms with E-state index in [1.807, 2.05) is 0 Å². The van der Waals surface area contributed by atoms with Gasteiger partial charge in [-0.3, -0.25) is 19.2 Å². The highest BCUT2D eigenvalue weighted by Gasteiger charge is 2.44. The standard InChI is InChI=1S/C6H8ClF3O2.C5H8O2.C4H5F3O.C2H3ClO.CClF3O2S.H4Si/c1-4(11)12-5(2,7)3-6(8,9)10;1-4(2)7-5(3)6;1-3(8)2-4(5,6)7;1-2(3)4;2-8(6,7)1(3,4)5;/h3H2,1-2H3;1H2,2-3H3;2H2,1H3;1H3;;1H4. The van der Waals surface area contributed by atoms with Crippen molar-refractivity contribution in [3.05, 3.63) is 12.3 Å². The summed E-state index contributed by atoms with van der Waals surface area (Å²) in [6.07, 6.45) is -11.4. The minimum absolute atomic E-state index is 0. The Bertz CT molecular complexity index is 890. The predicted molar refractivity (Wildman–Crippen MR) is 133 cm³/mol. The lowest BCUT2D eigenvalue weighted by Crippen LogP contribution is -2.30. The van der Waals surface area contributed by atoms with Crippen LogP contribution in [0.2, 0.25) is 0 Å². The first-order valence-electron chi connectivity index (χ1n) is 9.17. The lowest BCUT2D eigenvalue weighted by Gasteiger charge is -2.22. The molecule has 0 aliphatic rings. The molecule has 40 heavy (non-hydrogen) atoms. The van der Waals surface area contributed by atoms with E-state index in [2.05, 4.69) is 38.3 Å². The second-order valence-electron chi connectivity index (χ2n) is 6.63. The number of ketones is 1. The molecule has 0 rings (SSSR count). The molecule has 242 valence electrons. The number of allylic oxidation sites excluding steroid dienone is 1. The summed E-state index contributed by atoms with van der Waals surface area (Å²) in [4.78, 5) is 39.2. The normalized spacial score (nSPS) is 12.2. The second kappa shape index (κ2) is 22.1. The van der Waals surface area contributed by atoms with Crippen LogP contribution in [0.5, 0.6) is 0 Å². The van der Waals surface area contributed by atoms with Gasteiger partial charge in [-0.05, 0) is 43.3 Å². The monoisotopic (exact) mass is 708 g/mol. The molecular weight excluding hydrogens is 682 g/mol. The highest BCUT2D eigenvalue weighted by atomic mass is 35.7. The average molecular weight is 710 g/mol. The average Bonchev–Trinajstić information content (AvgIpc) is 2.45. The minimum Gasteiger partial charge on any atom is -0.443 e. The Balaban J connectivity index is -0.0000000931. The zero-order valence-electron chi connectivity index (χ0n) is 20.8. The van der Waals surface area contributed by atoms with Gasteiger partial charge in [0.2, 0.25) is 5.24 Å². The smallest absolute Gasteiger partial charge is 0.443 e. The number of esters is 2. The molecule has 0 N–H and O–H groups in total. The summed E-state index contributed by atoms with van der Waals surface area (Å²) >= 11 is 9.89. The Labute approximate surface area is 242 Å². The molecule has 0 bridgehead atoms. The zero-order valence-corrected chi connectivity index (χ0v) is 23.9. The van der Waals surface area contributed by atoms with Gasteiger partial charge in [-0.25, -0.2) is 8.42 Å². The van der Waals surface area contributed by atoms with Crippen molar-refractivity contribution in [2.24, 2.45) is 0 Å². The van der Waals surface area contributed by atoms with Gasteiger partial charge in [0.25, 0.3) is 0 Å². The number of carbonyl (C=O) groups excluding carboxylic acids is 4. The Morgan fingerprint density at radius 2 is 1.10 bits per heavy atom. The fourth-order valence-electron chi connectivity index (χ4n) is 1.22. The van der Waals surface area contributed by atoms with Gasteiger partial charge in [0.15, 0.2) is 5.06 Å². The van der Waals surface area contributed by atoms with Crippen molar-refractivity contribution in [1.29, 1.82) is 0 Å². The van der Waals surface area contributed by atoms with Gasteiger partial charge in [0.05, 0.1) is 12.2 Å². The molecule has 0 aliphatic heterocycles. The molecule has 0 radical (unpaired) electrons. The number of ether oxygens (including phenoxy) is 2. The van der Waals surface area contributed by atoms with E-state index in [-0.39, 0.29) is 22.2 Å². The van der Waals surface area contributed by atoms with Crippen LogP contribution >= 0.6 is 33.9 Å². The Morgan fingerprint density at radius 3 is 1.18 bits per heavy atom. The van der Waals surface area contributed by atoms with Gasteiger partial charge >= 0.3 is 38.9 Å². The summed E-state index contributed by atoms with van der Waals surface area (Å²) in [6, 6.07) is 0. The van der Waals surface area contributed by atoms with Gasteiger partial charge in [0, 0.05) is 31.5 Å². The van der Waals surface area contributed by atoms with E-state index < -0.39 is 56.6 Å². The predicted octanol–water partition coefficient (Wildman–Crippen LogP) is 5.46. The van der Waals surface area contributed by atoms with E-state index in [0.717, 1.165) is 20.8 Å². The molecule has 1 unspecified atom stereocenters. The largest absolute Gasteiger partial charge is 0.511 e. The van der Waals surface area contributed by atoms with E-state index in [1.54, 1.807) is 6.92 Å². The topological polar surface area (TPSA) is 121 Å². The van der Waals surface area contributed by atoms with E-state index >= 15 is 0 Å². The lowest BCUT2D eigenvalue weighted by molar-refractivity contribution is -0.176. The number of hydrogen-bond donors (Lipinski definition) is 0. The third-order valence-corrected chi connectivity index (χ3v) is 3.21. The van der Waals surface area contributed by atoms with Crippen molar-refractivity contribution in [1.82, 2.24) is 0 Å². The zero-order chi connectivity index (χ0) is 33.2. The maximum atomic E-state index is 11.7. The Hall–Kier alpha value is -1.57. The third-order valence-electron chi connectivity index (χ3n) is 1.92. The number of Topliss-reactive ketones (excluding diaryl/α,β-unsaturated/α-hetero) is 1. The van der Waals surface area contributed by atoms with Crippen molar-refractivity contribution in [2.45, 2.75) is 77.3 Å². The van der Waals surface area contributed by atoms with E-state index in [9.17, 15) is 67.1 Å². The molecular formula is C18H28Cl3F9O8SSi. The lowest BCUT2D eigenvalue weighted by atomic mass is 10.3. The molecule has 0 fully saturated rings. The highest BCUT2D eigenvalue weighted by Crippen LogP contribution is 2.32. The van der Waals surface area contributed by atoms with Crippen LogP contribution in [0.4, 0.5) is 39.5 Å². The molecule has 0 amide bonds. The molecule has 0 aromatic rings. The van der Waals surface area contributed by atoms with Crippen LogP contribution in [-0.4, -0.2) is 65.3 Å². The van der Waals surface area contributed by atoms with Gasteiger partial charge in [-0.2, -0.15) is 39.5 Å². The minimum atomic E-state index is -5.37. The molecule has 0 aromatic carbocycles. The van der Waals surface area contributed by atoms with Gasteiger partial charge < -0.3 is 9.47 Å². The molecule has 8 nitrogen and oxygen atoms in total. The van der Waals surface area contributed by atoms with Crippen LogP contribution in [0.3, 0.4) is 0 Å². The summed E-state index contributed by atoms with van der Waals surface area (Å²) in [5.41, 5.74) is -5.32. The number of hydrogen-bond acceptors (Lipinski definition) is 8. The molecule has 0 saturated carbocycles. The van der Waals surface area contributed by atoms with E-state index in [0.29, 0.717) is 5.76 Å². The molecule has 0 heterocycles. The molecule has 22 heteroatoms. The SMILES string of the molecule is C=C(C)OC(C)=O.CC(=O)CC(F)(F)F.CC(=O)Cl.CC(=O)OC(C)(Cl)CC(F)(F)F.O=S(=O)(Cl)C(F)(F)F.[SiH4]. The van der Waals surface area contributed by atoms with E-state index in [4.69, 9.17) is 11.6 Å². The first kappa shape index (κ1) is 51.2. The molecule has 0 aliphatic carbocycles. The van der Waals surface area contributed by atoms with Crippen molar-refractivity contribution in [3.8, 4) is 0 Å². The summed E-state index contributed by atoms with van der Waals surface area (Å²) in [5.74, 6) is -1.56. The number of alkyl halides is 10. The number of carbonyl (C=O) groups is 4. The van der Waals surface area contributed by atoms with Gasteiger partial charge in [-0.1, -0.05) is 18.2 Å².